The molecule has 0 saturated carbocycles. The van der Waals surface area contributed by atoms with Gasteiger partial charge in [-0.25, -0.2) is 4.39 Å². The average Bonchev–Trinajstić information content (AvgIpc) is 2.48. The Balaban J connectivity index is 2.05. The molecule has 1 fully saturated rings. The van der Waals surface area contributed by atoms with Gasteiger partial charge in [0, 0.05) is 31.4 Å². The van der Waals surface area contributed by atoms with Crippen molar-refractivity contribution in [3.8, 4) is 0 Å². The Morgan fingerprint density at radius 2 is 2.24 bits per heavy atom. The zero-order chi connectivity index (χ0) is 15.2. The maximum Gasteiger partial charge on any atom is 0.226 e. The standard InChI is InChI=1S/C16H21FN2O2/c1-2-11-3-4-12(9-15(11)17)14(16(18)20)10-19-13-5-7-21-8-6-13/h2-4,9,13-14,19H,1,5-8,10H2,(H2,18,20)/t14-/m1/s1. The highest BCUT2D eigenvalue weighted by atomic mass is 19.1. The van der Waals surface area contributed by atoms with Gasteiger partial charge in [0.1, 0.15) is 5.82 Å². The second kappa shape index (κ2) is 7.33. The molecule has 114 valence electrons. The van der Waals surface area contributed by atoms with Crippen molar-refractivity contribution in [2.75, 3.05) is 19.8 Å². The van der Waals surface area contributed by atoms with Crippen molar-refractivity contribution in [2.24, 2.45) is 5.73 Å². The summed E-state index contributed by atoms with van der Waals surface area (Å²) in [5.41, 5.74) is 6.46. The van der Waals surface area contributed by atoms with Crippen LogP contribution in [0, 0.1) is 5.82 Å². The average molecular weight is 292 g/mol. The normalized spacial score (nSPS) is 17.4. The van der Waals surface area contributed by atoms with Gasteiger partial charge in [0.05, 0.1) is 5.92 Å². The van der Waals surface area contributed by atoms with Gasteiger partial charge in [0.2, 0.25) is 5.91 Å². The molecule has 2 rings (SSSR count). The number of carbonyl (C=O) groups excluding carboxylic acids is 1. The van der Waals surface area contributed by atoms with Gasteiger partial charge in [-0.3, -0.25) is 4.79 Å². The number of rotatable bonds is 6. The Morgan fingerprint density at radius 3 is 2.81 bits per heavy atom. The monoisotopic (exact) mass is 292 g/mol. The lowest BCUT2D eigenvalue weighted by Crippen LogP contribution is -2.40. The van der Waals surface area contributed by atoms with Crippen molar-refractivity contribution in [3.05, 3.63) is 41.7 Å². The number of hydrogen-bond donors (Lipinski definition) is 2. The molecule has 0 bridgehead atoms. The first-order chi connectivity index (χ1) is 10.1. The number of primary amides is 1. The Labute approximate surface area is 124 Å². The zero-order valence-corrected chi connectivity index (χ0v) is 12.0. The molecule has 1 saturated heterocycles. The van der Waals surface area contributed by atoms with Crippen molar-refractivity contribution in [1.29, 1.82) is 0 Å². The fourth-order valence-corrected chi connectivity index (χ4v) is 2.49. The van der Waals surface area contributed by atoms with Crippen LogP contribution in [0.2, 0.25) is 0 Å². The Hall–Kier alpha value is -1.72. The van der Waals surface area contributed by atoms with Gasteiger partial charge in [-0.1, -0.05) is 24.8 Å². The minimum Gasteiger partial charge on any atom is -0.381 e. The number of amides is 1. The fraction of sp³-hybridized carbons (Fsp3) is 0.438. The molecule has 1 aliphatic heterocycles. The summed E-state index contributed by atoms with van der Waals surface area (Å²) in [6.45, 7) is 5.40. The molecule has 1 amide bonds. The number of hydrogen-bond acceptors (Lipinski definition) is 3. The van der Waals surface area contributed by atoms with E-state index >= 15 is 0 Å². The van der Waals surface area contributed by atoms with Gasteiger partial charge in [0.25, 0.3) is 0 Å². The van der Waals surface area contributed by atoms with Crippen LogP contribution in [0.5, 0.6) is 0 Å². The third kappa shape index (κ3) is 4.12. The van der Waals surface area contributed by atoms with E-state index in [0.29, 0.717) is 23.7 Å². The van der Waals surface area contributed by atoms with E-state index in [2.05, 4.69) is 11.9 Å². The van der Waals surface area contributed by atoms with Crippen molar-refractivity contribution in [1.82, 2.24) is 5.32 Å². The van der Waals surface area contributed by atoms with Crippen LogP contribution < -0.4 is 11.1 Å². The predicted octanol–water partition coefficient (Wildman–Crippen LogP) is 1.81. The lowest BCUT2D eigenvalue weighted by atomic mass is 9.96. The van der Waals surface area contributed by atoms with Gasteiger partial charge in [-0.2, -0.15) is 0 Å². The molecular weight excluding hydrogens is 271 g/mol. The smallest absolute Gasteiger partial charge is 0.226 e. The molecule has 4 nitrogen and oxygen atoms in total. The summed E-state index contributed by atoms with van der Waals surface area (Å²) >= 11 is 0. The predicted molar refractivity (Wildman–Crippen MR) is 80.3 cm³/mol. The van der Waals surface area contributed by atoms with Crippen molar-refractivity contribution >= 4 is 12.0 Å². The number of nitrogens with two attached hydrogens (primary N) is 1. The van der Waals surface area contributed by atoms with Crippen LogP contribution in [0.15, 0.2) is 24.8 Å². The number of halogens is 1. The molecule has 1 aromatic carbocycles. The fourth-order valence-electron chi connectivity index (χ4n) is 2.49. The topological polar surface area (TPSA) is 64.3 Å². The molecule has 0 radical (unpaired) electrons. The minimum absolute atomic E-state index is 0.317. The van der Waals surface area contributed by atoms with Gasteiger partial charge >= 0.3 is 0 Å². The maximum atomic E-state index is 13.8. The van der Waals surface area contributed by atoms with E-state index in [1.165, 1.54) is 12.1 Å². The molecule has 21 heavy (non-hydrogen) atoms. The summed E-state index contributed by atoms with van der Waals surface area (Å²) in [6.07, 6.45) is 3.27. The molecule has 0 aliphatic carbocycles. The molecule has 1 heterocycles. The molecule has 0 aromatic heterocycles. The zero-order valence-electron chi connectivity index (χ0n) is 12.0. The van der Waals surface area contributed by atoms with Crippen LogP contribution in [-0.4, -0.2) is 31.7 Å². The molecule has 0 unspecified atom stereocenters. The third-order valence-corrected chi connectivity index (χ3v) is 3.82. The first kappa shape index (κ1) is 15.7. The second-order valence-electron chi connectivity index (χ2n) is 5.23. The molecule has 1 aliphatic rings. The Morgan fingerprint density at radius 1 is 1.52 bits per heavy atom. The van der Waals surface area contributed by atoms with E-state index in [9.17, 15) is 9.18 Å². The maximum absolute atomic E-state index is 13.8. The highest BCUT2D eigenvalue weighted by Gasteiger charge is 2.21. The quantitative estimate of drug-likeness (QED) is 0.840. The van der Waals surface area contributed by atoms with Crippen LogP contribution >= 0.6 is 0 Å². The highest BCUT2D eigenvalue weighted by molar-refractivity contribution is 5.82. The summed E-state index contributed by atoms with van der Waals surface area (Å²) in [5.74, 6) is -1.39. The summed E-state index contributed by atoms with van der Waals surface area (Å²) in [7, 11) is 0. The van der Waals surface area contributed by atoms with E-state index < -0.39 is 11.8 Å². The molecule has 3 N–H and O–H groups in total. The van der Waals surface area contributed by atoms with E-state index in [1.54, 1.807) is 12.1 Å². The van der Waals surface area contributed by atoms with E-state index in [4.69, 9.17) is 10.5 Å². The van der Waals surface area contributed by atoms with Crippen LogP contribution in [0.25, 0.3) is 6.08 Å². The molecule has 5 heteroatoms. The number of ether oxygens (including phenoxy) is 1. The van der Waals surface area contributed by atoms with Crippen molar-refractivity contribution in [2.45, 2.75) is 24.8 Å². The first-order valence-corrected chi connectivity index (χ1v) is 7.14. The van der Waals surface area contributed by atoms with Gasteiger partial charge in [0.15, 0.2) is 0 Å². The van der Waals surface area contributed by atoms with Gasteiger partial charge in [-0.05, 0) is 24.5 Å². The summed E-state index contributed by atoms with van der Waals surface area (Å²) in [4.78, 5) is 11.7. The molecule has 1 atom stereocenters. The van der Waals surface area contributed by atoms with Crippen LogP contribution in [0.4, 0.5) is 4.39 Å². The SMILES string of the molecule is C=Cc1ccc([C@@H](CNC2CCOCC2)C(N)=O)cc1F. The molecule has 1 aromatic rings. The second-order valence-corrected chi connectivity index (χ2v) is 5.23. The van der Waals surface area contributed by atoms with E-state index in [-0.39, 0.29) is 5.82 Å². The summed E-state index contributed by atoms with van der Waals surface area (Å²) in [6, 6.07) is 5.01. The van der Waals surface area contributed by atoms with Crippen molar-refractivity contribution in [3.63, 3.8) is 0 Å². The molecule has 0 spiro atoms. The third-order valence-electron chi connectivity index (χ3n) is 3.82. The van der Waals surface area contributed by atoms with Gasteiger partial charge in [-0.15, -0.1) is 0 Å². The van der Waals surface area contributed by atoms with Crippen molar-refractivity contribution < 1.29 is 13.9 Å². The lowest BCUT2D eigenvalue weighted by molar-refractivity contribution is -0.119. The number of carbonyl (C=O) groups is 1. The minimum atomic E-state index is -0.541. The van der Waals surface area contributed by atoms with Crippen LogP contribution in [0.1, 0.15) is 29.9 Å². The molecular formula is C16H21FN2O2. The highest BCUT2D eigenvalue weighted by Crippen LogP contribution is 2.20. The Bertz CT molecular complexity index is 513. The Kier molecular flexibility index (Phi) is 5.47. The van der Waals surface area contributed by atoms with Crippen LogP contribution in [0.3, 0.4) is 0 Å². The first-order valence-electron chi connectivity index (χ1n) is 7.14. The van der Waals surface area contributed by atoms with E-state index in [1.807, 2.05) is 0 Å². The van der Waals surface area contributed by atoms with Crippen LogP contribution in [-0.2, 0) is 9.53 Å². The summed E-state index contributed by atoms with van der Waals surface area (Å²) in [5, 5.41) is 3.33. The lowest BCUT2D eigenvalue weighted by Gasteiger charge is -2.25. The number of nitrogens with one attached hydrogen (secondary N) is 1. The van der Waals surface area contributed by atoms with Gasteiger partial charge < -0.3 is 15.8 Å². The van der Waals surface area contributed by atoms with E-state index in [0.717, 1.165) is 26.1 Å². The summed E-state index contributed by atoms with van der Waals surface area (Å²) < 4.78 is 19.1. The largest absolute Gasteiger partial charge is 0.381 e. The number of benzene rings is 1.